The Morgan fingerprint density at radius 3 is 2.59 bits per heavy atom. The van der Waals surface area contributed by atoms with E-state index in [1.54, 1.807) is 23.0 Å². The lowest BCUT2D eigenvalue weighted by Gasteiger charge is -2.37. The van der Waals surface area contributed by atoms with Crippen LogP contribution in [0.15, 0.2) is 0 Å². The molecule has 1 rings (SSSR count). The van der Waals surface area contributed by atoms with Gasteiger partial charge in [-0.05, 0) is 12.8 Å². The van der Waals surface area contributed by atoms with Crippen LogP contribution in [-0.4, -0.2) is 59.0 Å². The highest BCUT2D eigenvalue weighted by molar-refractivity contribution is 14.1. The van der Waals surface area contributed by atoms with Crippen LogP contribution in [0.3, 0.4) is 0 Å². The van der Waals surface area contributed by atoms with Crippen LogP contribution in [0.4, 0.5) is 0 Å². The van der Waals surface area contributed by atoms with E-state index in [9.17, 15) is 4.79 Å². The Labute approximate surface area is 131 Å². The number of carbonyl (C=O) groups excluding carboxylic acids is 1. The van der Waals surface area contributed by atoms with Crippen LogP contribution < -0.4 is 0 Å². The van der Waals surface area contributed by atoms with Crippen LogP contribution in [0.1, 0.15) is 19.8 Å². The minimum atomic E-state index is 0.0834. The number of hydrogen-bond acceptors (Lipinski definition) is 3. The van der Waals surface area contributed by atoms with E-state index < -0.39 is 0 Å². The Morgan fingerprint density at radius 1 is 1.53 bits per heavy atom. The number of carbonyl (C=O) groups is 1. The second-order valence-electron chi connectivity index (χ2n) is 4.57. The average Bonchev–Trinajstić information content (AvgIpc) is 2.28. The molecule has 100 valence electrons. The zero-order valence-corrected chi connectivity index (χ0v) is 14.7. The molecule has 17 heavy (non-hydrogen) atoms. The first-order chi connectivity index (χ1) is 8.04. The maximum absolute atomic E-state index is 11.7. The van der Waals surface area contributed by atoms with Gasteiger partial charge in [-0.1, -0.05) is 29.5 Å². The van der Waals surface area contributed by atoms with Crippen molar-refractivity contribution >= 4 is 51.5 Å². The van der Waals surface area contributed by atoms with Crippen molar-refractivity contribution in [3.05, 3.63) is 0 Å². The number of likely N-dealkylation sites (tertiary alicyclic amines) is 1. The van der Waals surface area contributed by atoms with Gasteiger partial charge in [0.05, 0.1) is 0 Å². The second kappa shape index (κ2) is 8.11. The van der Waals surface area contributed by atoms with Crippen LogP contribution in [0.2, 0.25) is 0 Å². The van der Waals surface area contributed by atoms with Crippen molar-refractivity contribution in [1.29, 1.82) is 0 Å². The summed E-state index contributed by atoms with van der Waals surface area (Å²) in [4.78, 5) is 16.0. The highest BCUT2D eigenvalue weighted by atomic mass is 127. The number of halogens is 2. The first kappa shape index (κ1) is 15.9. The van der Waals surface area contributed by atoms with Gasteiger partial charge in [-0.25, -0.2) is 0 Å². The quantitative estimate of drug-likeness (QED) is 0.460. The molecule has 1 saturated heterocycles. The molecule has 1 atom stereocenters. The van der Waals surface area contributed by atoms with Gasteiger partial charge < -0.3 is 12.9 Å². The number of alkyl halides is 1. The summed E-state index contributed by atoms with van der Waals surface area (Å²) in [6, 6.07) is 0.384. The van der Waals surface area contributed by atoms with E-state index in [1.165, 1.54) is 0 Å². The van der Waals surface area contributed by atoms with Gasteiger partial charge in [-0.15, -0.1) is 0 Å². The largest absolute Gasteiger partial charge is 0.341 e. The molecule has 0 radical (unpaired) electrons. The second-order valence-corrected chi connectivity index (χ2v) is 7.32. The van der Waals surface area contributed by atoms with Gasteiger partial charge in [-0.2, -0.15) is 0 Å². The zero-order chi connectivity index (χ0) is 12.8. The van der Waals surface area contributed by atoms with E-state index in [0.29, 0.717) is 9.97 Å². The molecule has 0 saturated carbocycles. The Kier molecular flexibility index (Phi) is 7.59. The molecule has 0 aliphatic carbocycles. The molecule has 0 bridgehead atoms. The van der Waals surface area contributed by atoms with Gasteiger partial charge in [0, 0.05) is 36.6 Å². The lowest BCUT2D eigenvalue weighted by Crippen LogP contribution is -2.47. The number of likely N-dealkylation sites (N-methyl/N-ethyl adjacent to an activating group) is 1. The van der Waals surface area contributed by atoms with Gasteiger partial charge in [0.2, 0.25) is 5.91 Å². The van der Waals surface area contributed by atoms with Crippen molar-refractivity contribution in [3.63, 3.8) is 0 Å². The minimum absolute atomic E-state index is 0.0834. The van der Waals surface area contributed by atoms with Crippen LogP contribution in [-0.2, 0) is 7.86 Å². The molecule has 1 fully saturated rings. The summed E-state index contributed by atoms with van der Waals surface area (Å²) in [5.41, 5.74) is 0. The van der Waals surface area contributed by atoms with Crippen molar-refractivity contribution < 1.29 is 7.86 Å². The molecule has 1 aliphatic heterocycles. The average molecular weight is 466 g/mol. The fourth-order valence-corrected chi connectivity index (χ4v) is 3.02. The first-order valence-corrected chi connectivity index (χ1v) is 8.03. The van der Waals surface area contributed by atoms with Crippen LogP contribution >= 0.6 is 45.6 Å². The van der Waals surface area contributed by atoms with Crippen LogP contribution in [0.25, 0.3) is 0 Å². The molecular formula is C11H20I2N2O2. The molecule has 0 aromatic carbocycles. The molecule has 1 amide bonds. The molecule has 0 N–H and O–H groups in total. The molecule has 0 spiro atoms. The van der Waals surface area contributed by atoms with E-state index in [2.05, 4.69) is 34.4 Å². The van der Waals surface area contributed by atoms with Crippen molar-refractivity contribution in [2.24, 2.45) is 0 Å². The first-order valence-electron chi connectivity index (χ1n) is 5.90. The van der Waals surface area contributed by atoms with E-state index in [0.717, 1.165) is 32.5 Å². The smallest absolute Gasteiger partial charge is 0.249 e. The van der Waals surface area contributed by atoms with Gasteiger partial charge in [-0.3, -0.25) is 4.79 Å². The van der Waals surface area contributed by atoms with E-state index >= 15 is 0 Å². The van der Waals surface area contributed by atoms with Gasteiger partial charge >= 0.3 is 0 Å². The third-order valence-corrected chi connectivity index (χ3v) is 3.89. The number of piperidine rings is 1. The Hall–Kier alpha value is 0.850. The summed E-state index contributed by atoms with van der Waals surface area (Å²) < 4.78 is 5.55. The third kappa shape index (κ3) is 5.56. The zero-order valence-electron chi connectivity index (χ0n) is 10.4. The van der Waals surface area contributed by atoms with Crippen molar-refractivity contribution in [1.82, 2.24) is 9.80 Å². The maximum atomic E-state index is 11.7. The molecule has 6 heteroatoms. The van der Waals surface area contributed by atoms with Crippen molar-refractivity contribution in [2.75, 3.05) is 33.3 Å². The lowest BCUT2D eigenvalue weighted by atomic mass is 10.0. The highest BCUT2D eigenvalue weighted by Gasteiger charge is 2.25. The summed E-state index contributed by atoms with van der Waals surface area (Å²) in [6.07, 6.45) is 2.15. The normalized spacial score (nSPS) is 20.2. The minimum Gasteiger partial charge on any atom is -0.341 e. The van der Waals surface area contributed by atoms with E-state index in [1.807, 2.05) is 11.9 Å². The molecule has 1 aliphatic rings. The summed E-state index contributed by atoms with van der Waals surface area (Å²) in [6.45, 7) is 5.77. The molecule has 4 nitrogen and oxygen atoms in total. The van der Waals surface area contributed by atoms with Crippen molar-refractivity contribution in [3.8, 4) is 0 Å². The molecule has 0 aromatic rings. The van der Waals surface area contributed by atoms with E-state index in [4.69, 9.17) is 3.07 Å². The topological polar surface area (TPSA) is 32.8 Å². The Balaban J connectivity index is 2.33. The third-order valence-electron chi connectivity index (χ3n) is 3.19. The Bertz CT molecular complexity index is 244. The SMILES string of the molecule is CC(I)CN1CCC(N(C)C(=O)COI)CC1. The lowest BCUT2D eigenvalue weighted by molar-refractivity contribution is -0.134. The highest BCUT2D eigenvalue weighted by Crippen LogP contribution is 2.17. The monoisotopic (exact) mass is 466 g/mol. The summed E-state index contributed by atoms with van der Waals surface area (Å²) in [5, 5.41) is 0. The van der Waals surface area contributed by atoms with E-state index in [-0.39, 0.29) is 12.5 Å². The predicted octanol–water partition coefficient (Wildman–Crippen LogP) is 2.10. The fraction of sp³-hybridized carbons (Fsp3) is 0.909. The molecule has 1 heterocycles. The van der Waals surface area contributed by atoms with Gasteiger partial charge in [0.15, 0.2) is 0 Å². The molecule has 0 aromatic heterocycles. The number of rotatable bonds is 5. The van der Waals surface area contributed by atoms with Crippen molar-refractivity contribution in [2.45, 2.75) is 29.7 Å². The number of amides is 1. The number of nitrogens with zero attached hydrogens (tertiary/aromatic N) is 2. The van der Waals surface area contributed by atoms with Gasteiger partial charge in [0.1, 0.15) is 29.6 Å². The molecular weight excluding hydrogens is 446 g/mol. The Morgan fingerprint density at radius 2 is 2.12 bits per heavy atom. The number of hydrogen-bond donors (Lipinski definition) is 0. The predicted molar refractivity (Wildman–Crippen MR) is 85.7 cm³/mol. The van der Waals surface area contributed by atoms with Crippen LogP contribution in [0, 0.1) is 0 Å². The van der Waals surface area contributed by atoms with Crippen LogP contribution in [0.5, 0.6) is 0 Å². The summed E-state index contributed by atoms with van der Waals surface area (Å²) in [5.74, 6) is 0.0834. The standard InChI is InChI=1S/C11H20I2N2O2/c1-9(12)7-15-5-3-10(4-6-15)14(2)11(16)8-17-13/h9-10H,3-8H2,1-2H3. The fourth-order valence-electron chi connectivity index (χ4n) is 2.20. The summed E-state index contributed by atoms with van der Waals surface area (Å²) in [7, 11) is 1.89. The maximum Gasteiger partial charge on any atom is 0.249 e. The molecule has 1 unspecified atom stereocenters. The van der Waals surface area contributed by atoms with Gasteiger partial charge in [0.25, 0.3) is 0 Å². The summed E-state index contributed by atoms with van der Waals surface area (Å²) >= 11 is 4.23.